The maximum absolute atomic E-state index is 14.1. The highest BCUT2D eigenvalue weighted by atomic mass is 19.4. The zero-order valence-corrected chi connectivity index (χ0v) is 16.8. The van der Waals surface area contributed by atoms with Gasteiger partial charge in [-0.25, -0.2) is 14.4 Å². The molecule has 0 fully saturated rings. The minimum atomic E-state index is -4.67. The summed E-state index contributed by atoms with van der Waals surface area (Å²) in [5, 5.41) is 5.22. The molecule has 0 aliphatic heterocycles. The van der Waals surface area contributed by atoms with Gasteiger partial charge in [-0.1, -0.05) is 30.3 Å². The summed E-state index contributed by atoms with van der Waals surface area (Å²) in [5.74, 6) is -1.86. The van der Waals surface area contributed by atoms with E-state index in [9.17, 15) is 22.4 Å². The molecular formula is C23H15F4N5O. The summed E-state index contributed by atoms with van der Waals surface area (Å²) in [5.41, 5.74) is 0.652. The van der Waals surface area contributed by atoms with Crippen molar-refractivity contribution in [1.82, 2.24) is 15.0 Å². The fourth-order valence-electron chi connectivity index (χ4n) is 3.01. The number of nitrogens with zero attached hydrogens (tertiary/aromatic N) is 3. The van der Waals surface area contributed by atoms with E-state index in [1.165, 1.54) is 18.5 Å². The first kappa shape index (κ1) is 21.9. The molecule has 1 amide bonds. The molecule has 2 aromatic carbocycles. The molecule has 4 aromatic rings. The van der Waals surface area contributed by atoms with Crippen LogP contribution in [0.4, 0.5) is 34.9 Å². The molecule has 6 nitrogen and oxygen atoms in total. The van der Waals surface area contributed by atoms with E-state index in [2.05, 4.69) is 25.6 Å². The van der Waals surface area contributed by atoms with E-state index in [4.69, 9.17) is 0 Å². The zero-order valence-electron chi connectivity index (χ0n) is 16.8. The average molecular weight is 453 g/mol. The van der Waals surface area contributed by atoms with Crippen LogP contribution in [-0.4, -0.2) is 20.9 Å². The molecule has 0 spiro atoms. The predicted octanol–water partition coefficient (Wildman–Crippen LogP) is 5.69. The van der Waals surface area contributed by atoms with Crippen molar-refractivity contribution in [2.45, 2.75) is 6.18 Å². The summed E-state index contributed by atoms with van der Waals surface area (Å²) in [6.45, 7) is 0. The summed E-state index contributed by atoms with van der Waals surface area (Å²) in [4.78, 5) is 24.7. The van der Waals surface area contributed by atoms with Gasteiger partial charge in [0.25, 0.3) is 5.91 Å². The Balaban J connectivity index is 1.54. The Hall–Kier alpha value is -4.34. The maximum Gasteiger partial charge on any atom is 0.416 e. The van der Waals surface area contributed by atoms with Crippen LogP contribution in [0.25, 0.3) is 11.1 Å². The first-order valence-corrected chi connectivity index (χ1v) is 9.59. The molecule has 0 aliphatic carbocycles. The van der Waals surface area contributed by atoms with Gasteiger partial charge >= 0.3 is 6.18 Å². The highest BCUT2D eigenvalue weighted by Crippen LogP contribution is 2.32. The van der Waals surface area contributed by atoms with Crippen molar-refractivity contribution in [1.29, 1.82) is 0 Å². The number of alkyl halides is 3. The van der Waals surface area contributed by atoms with Gasteiger partial charge < -0.3 is 10.6 Å². The molecule has 0 unspecified atom stereocenters. The molecule has 0 saturated carbocycles. The van der Waals surface area contributed by atoms with Gasteiger partial charge in [0.15, 0.2) is 0 Å². The summed E-state index contributed by atoms with van der Waals surface area (Å²) in [6, 6.07) is 14.5. The first-order valence-electron chi connectivity index (χ1n) is 9.59. The van der Waals surface area contributed by atoms with E-state index in [-0.39, 0.29) is 17.3 Å². The lowest BCUT2D eigenvalue weighted by Crippen LogP contribution is -2.15. The van der Waals surface area contributed by atoms with Crippen LogP contribution >= 0.6 is 0 Å². The van der Waals surface area contributed by atoms with Gasteiger partial charge in [0.05, 0.1) is 23.1 Å². The van der Waals surface area contributed by atoms with Crippen molar-refractivity contribution in [2.75, 3.05) is 10.6 Å². The van der Waals surface area contributed by atoms with E-state index in [1.54, 1.807) is 12.3 Å². The van der Waals surface area contributed by atoms with Gasteiger partial charge in [-0.3, -0.25) is 9.78 Å². The third-order valence-electron chi connectivity index (χ3n) is 4.59. The van der Waals surface area contributed by atoms with E-state index in [0.717, 1.165) is 23.3 Å². The van der Waals surface area contributed by atoms with E-state index in [0.29, 0.717) is 11.8 Å². The van der Waals surface area contributed by atoms with Gasteiger partial charge in [-0.2, -0.15) is 13.2 Å². The number of amides is 1. The molecule has 33 heavy (non-hydrogen) atoms. The molecule has 166 valence electrons. The lowest BCUT2D eigenvalue weighted by Gasteiger charge is -2.12. The van der Waals surface area contributed by atoms with E-state index < -0.39 is 23.5 Å². The SMILES string of the molecule is O=C(Nc1cnccc1-c1ccccc1)c1ccnc(Nc2ccc(C(F)(F)F)cc2F)n1. The van der Waals surface area contributed by atoms with Crippen LogP contribution < -0.4 is 10.6 Å². The second-order valence-electron chi connectivity index (χ2n) is 6.82. The fraction of sp³-hybridized carbons (Fsp3) is 0.0435. The number of anilines is 3. The van der Waals surface area contributed by atoms with Crippen molar-refractivity contribution in [3.05, 3.63) is 96.3 Å². The Kier molecular flexibility index (Phi) is 5.99. The molecule has 2 N–H and O–H groups in total. The monoisotopic (exact) mass is 453 g/mol. The van der Waals surface area contributed by atoms with Crippen molar-refractivity contribution in [3.8, 4) is 11.1 Å². The Morgan fingerprint density at radius 1 is 0.909 bits per heavy atom. The lowest BCUT2D eigenvalue weighted by atomic mass is 10.1. The standard InChI is InChI=1S/C23H15F4N5O/c24-17-12-15(23(25,26)27)6-7-18(17)31-22-29-11-9-19(32-22)21(33)30-20-13-28-10-8-16(20)14-4-2-1-3-5-14/h1-13H,(H,30,33)(H,29,31,32). The molecule has 10 heteroatoms. The highest BCUT2D eigenvalue weighted by Gasteiger charge is 2.31. The van der Waals surface area contributed by atoms with Gasteiger partial charge in [0.1, 0.15) is 11.5 Å². The summed E-state index contributed by atoms with van der Waals surface area (Å²) < 4.78 is 52.3. The maximum atomic E-state index is 14.1. The van der Waals surface area contributed by atoms with Crippen molar-refractivity contribution >= 4 is 23.2 Å². The largest absolute Gasteiger partial charge is 0.416 e. The number of hydrogen-bond acceptors (Lipinski definition) is 5. The van der Waals surface area contributed by atoms with Crippen LogP contribution in [0.5, 0.6) is 0 Å². The van der Waals surface area contributed by atoms with Crippen LogP contribution in [0, 0.1) is 5.82 Å². The topological polar surface area (TPSA) is 79.8 Å². The summed E-state index contributed by atoms with van der Waals surface area (Å²) >= 11 is 0. The number of rotatable bonds is 5. The fourth-order valence-corrected chi connectivity index (χ4v) is 3.01. The molecule has 2 heterocycles. The number of carbonyl (C=O) groups is 1. The van der Waals surface area contributed by atoms with Crippen LogP contribution in [0.3, 0.4) is 0 Å². The Labute approximate surface area is 185 Å². The Bertz CT molecular complexity index is 1300. The Morgan fingerprint density at radius 2 is 1.70 bits per heavy atom. The molecule has 0 bridgehead atoms. The van der Waals surface area contributed by atoms with Gasteiger partial charge in [0.2, 0.25) is 5.95 Å². The van der Waals surface area contributed by atoms with Crippen LogP contribution in [0.1, 0.15) is 16.1 Å². The Morgan fingerprint density at radius 3 is 2.42 bits per heavy atom. The molecule has 0 saturated heterocycles. The number of carbonyl (C=O) groups excluding carboxylic acids is 1. The van der Waals surface area contributed by atoms with Crippen LogP contribution in [0.2, 0.25) is 0 Å². The quantitative estimate of drug-likeness (QED) is 0.380. The first-order chi connectivity index (χ1) is 15.8. The minimum Gasteiger partial charge on any atom is -0.322 e. The third kappa shape index (κ3) is 5.12. The lowest BCUT2D eigenvalue weighted by molar-refractivity contribution is -0.137. The summed E-state index contributed by atoms with van der Waals surface area (Å²) in [6.07, 6.45) is -0.298. The molecule has 0 radical (unpaired) electrons. The van der Waals surface area contributed by atoms with Crippen molar-refractivity contribution < 1.29 is 22.4 Å². The highest BCUT2D eigenvalue weighted by molar-refractivity contribution is 6.05. The van der Waals surface area contributed by atoms with Crippen LogP contribution in [-0.2, 0) is 6.18 Å². The second kappa shape index (κ2) is 9.03. The number of nitrogens with one attached hydrogen (secondary N) is 2. The zero-order chi connectivity index (χ0) is 23.4. The number of benzene rings is 2. The number of pyridine rings is 1. The number of hydrogen-bond donors (Lipinski definition) is 2. The molecule has 0 atom stereocenters. The molecule has 0 aliphatic rings. The van der Waals surface area contributed by atoms with E-state index in [1.807, 2.05) is 30.3 Å². The van der Waals surface area contributed by atoms with Gasteiger partial charge in [-0.15, -0.1) is 0 Å². The van der Waals surface area contributed by atoms with E-state index >= 15 is 0 Å². The number of halogens is 4. The van der Waals surface area contributed by atoms with Gasteiger partial charge in [-0.05, 0) is 35.9 Å². The van der Waals surface area contributed by atoms with Gasteiger partial charge in [0, 0.05) is 18.0 Å². The average Bonchev–Trinajstić information content (AvgIpc) is 2.81. The number of aromatic nitrogens is 3. The minimum absolute atomic E-state index is 0.0392. The smallest absolute Gasteiger partial charge is 0.322 e. The normalized spacial score (nSPS) is 11.2. The molecule has 4 rings (SSSR count). The third-order valence-corrected chi connectivity index (χ3v) is 4.59. The summed E-state index contributed by atoms with van der Waals surface area (Å²) in [7, 11) is 0. The molecule has 2 aromatic heterocycles. The predicted molar refractivity (Wildman–Crippen MR) is 114 cm³/mol. The second-order valence-corrected chi connectivity index (χ2v) is 6.82. The van der Waals surface area contributed by atoms with Crippen molar-refractivity contribution in [2.24, 2.45) is 0 Å². The molecular weight excluding hydrogens is 438 g/mol. The van der Waals surface area contributed by atoms with Crippen molar-refractivity contribution in [3.63, 3.8) is 0 Å². The van der Waals surface area contributed by atoms with Crippen LogP contribution in [0.15, 0.2) is 79.3 Å².